The van der Waals surface area contributed by atoms with E-state index in [1.807, 2.05) is 45.0 Å². The van der Waals surface area contributed by atoms with Crippen molar-refractivity contribution < 1.29 is 19.1 Å². The monoisotopic (exact) mass is 448 g/mol. The molecule has 29 heavy (non-hydrogen) atoms. The lowest BCUT2D eigenvalue weighted by atomic mass is 9.62. The number of aryl methyl sites for hydroxylation is 2. The van der Waals surface area contributed by atoms with Gasteiger partial charge < -0.3 is 4.74 Å². The molecule has 4 aliphatic rings. The van der Waals surface area contributed by atoms with E-state index >= 15 is 0 Å². The van der Waals surface area contributed by atoms with Crippen LogP contribution in [0.3, 0.4) is 0 Å². The number of Topliss-reactive ketones (excluding diaryl/α,β-unsaturated/α-hetero) is 3. The number of fused-ring (bicyclic) bond motifs is 2. The van der Waals surface area contributed by atoms with Gasteiger partial charge in [-0.05, 0) is 60.8 Å². The van der Waals surface area contributed by atoms with E-state index in [2.05, 4.69) is 15.9 Å². The van der Waals surface area contributed by atoms with Gasteiger partial charge in [0.25, 0.3) is 0 Å². The molecule has 0 N–H and O–H groups in total. The van der Waals surface area contributed by atoms with Crippen molar-refractivity contribution in [3.63, 3.8) is 0 Å². The molecule has 0 bridgehead atoms. The summed E-state index contributed by atoms with van der Waals surface area (Å²) < 4.78 is 6.81. The Balaban J connectivity index is 1.71. The molecule has 0 unspecified atom stereocenters. The number of ketones is 3. The van der Waals surface area contributed by atoms with Gasteiger partial charge in [-0.15, -0.1) is 0 Å². The predicted molar refractivity (Wildman–Crippen MR) is 110 cm³/mol. The van der Waals surface area contributed by atoms with Gasteiger partial charge in [-0.2, -0.15) is 0 Å². The summed E-state index contributed by atoms with van der Waals surface area (Å²) in [4.78, 5) is 40.6. The Morgan fingerprint density at radius 1 is 0.897 bits per heavy atom. The van der Waals surface area contributed by atoms with Crippen LogP contribution in [0.25, 0.3) is 0 Å². The Morgan fingerprint density at radius 2 is 1.55 bits per heavy atom. The minimum atomic E-state index is -1.29. The van der Waals surface area contributed by atoms with Gasteiger partial charge in [0.05, 0.1) is 9.90 Å². The molecule has 0 amide bonds. The Bertz CT molecular complexity index is 1270. The van der Waals surface area contributed by atoms with E-state index in [9.17, 15) is 14.4 Å². The summed E-state index contributed by atoms with van der Waals surface area (Å²) in [5.41, 5.74) is 1.31. The topological polar surface area (TPSA) is 63.7 Å². The molecule has 1 saturated heterocycles. The molecule has 5 heteroatoms. The Kier molecular flexibility index (Phi) is 2.92. The second kappa shape index (κ2) is 4.85. The van der Waals surface area contributed by atoms with Crippen molar-refractivity contribution in [2.24, 2.45) is 5.41 Å². The Morgan fingerprint density at radius 3 is 2.28 bits per heavy atom. The van der Waals surface area contributed by atoms with E-state index in [0.29, 0.717) is 38.7 Å². The summed E-state index contributed by atoms with van der Waals surface area (Å²) in [7, 11) is 0. The lowest BCUT2D eigenvalue weighted by Crippen LogP contribution is -2.51. The summed E-state index contributed by atoms with van der Waals surface area (Å²) in [6, 6.07) is 11.0. The minimum absolute atomic E-state index is 0.0905. The average Bonchev–Trinajstić information content (AvgIpc) is 3.33. The molecule has 2 fully saturated rings. The van der Waals surface area contributed by atoms with Crippen LogP contribution in [-0.2, 0) is 10.3 Å². The van der Waals surface area contributed by atoms with Crippen molar-refractivity contribution in [1.29, 1.82) is 0 Å². The summed E-state index contributed by atoms with van der Waals surface area (Å²) in [5.74, 6) is -0.368. The van der Waals surface area contributed by atoms with Crippen molar-refractivity contribution in [2.45, 2.75) is 38.4 Å². The number of halogens is 1. The van der Waals surface area contributed by atoms with E-state index in [0.717, 1.165) is 11.1 Å². The van der Waals surface area contributed by atoms with Gasteiger partial charge in [0.2, 0.25) is 0 Å². The number of ether oxygens (including phenoxy) is 1. The molecule has 1 saturated carbocycles. The highest BCUT2D eigenvalue weighted by molar-refractivity contribution is 9.12. The van der Waals surface area contributed by atoms with Crippen molar-refractivity contribution in [1.82, 2.24) is 0 Å². The van der Waals surface area contributed by atoms with Crippen molar-refractivity contribution >= 4 is 33.3 Å². The first-order chi connectivity index (χ1) is 13.7. The second-order valence-corrected chi connectivity index (χ2v) is 9.64. The van der Waals surface area contributed by atoms with E-state index in [-0.39, 0.29) is 17.3 Å². The smallest absolute Gasteiger partial charge is 0.200 e. The number of hydrogen-bond donors (Lipinski definition) is 0. The first kappa shape index (κ1) is 17.5. The quantitative estimate of drug-likeness (QED) is 0.552. The highest BCUT2D eigenvalue weighted by atomic mass is 79.9. The molecule has 6 rings (SSSR count). The maximum absolute atomic E-state index is 13.9. The van der Waals surface area contributed by atoms with Crippen LogP contribution in [0, 0.1) is 19.3 Å². The van der Waals surface area contributed by atoms with Crippen LogP contribution in [0.1, 0.15) is 61.1 Å². The first-order valence-electron chi connectivity index (χ1n) is 9.64. The van der Waals surface area contributed by atoms with Crippen LogP contribution in [-0.4, -0.2) is 23.0 Å². The van der Waals surface area contributed by atoms with Crippen LogP contribution < -0.4 is 0 Å². The van der Waals surface area contributed by atoms with Crippen molar-refractivity contribution in [3.8, 4) is 0 Å². The van der Waals surface area contributed by atoms with Crippen molar-refractivity contribution in [3.05, 3.63) is 79.8 Å². The van der Waals surface area contributed by atoms with E-state index < -0.39 is 16.6 Å². The first-order valence-corrected chi connectivity index (χ1v) is 10.4. The van der Waals surface area contributed by atoms with Gasteiger partial charge in [0.15, 0.2) is 28.6 Å². The largest absolute Gasteiger partial charge is 0.343 e. The summed E-state index contributed by atoms with van der Waals surface area (Å²) in [5, 5.41) is 0. The number of carbonyl (C=O) groups excluding carboxylic acids is 3. The number of allylic oxidation sites excluding steroid dienone is 1. The van der Waals surface area contributed by atoms with Gasteiger partial charge in [-0.3, -0.25) is 14.4 Å². The normalized spacial score (nSPS) is 33.7. The fourth-order valence-electron chi connectivity index (χ4n) is 5.86. The number of benzene rings is 2. The van der Waals surface area contributed by atoms with Gasteiger partial charge in [0, 0.05) is 22.3 Å². The SMILES string of the molecule is Cc1ccc2c(c1)C(=O)[C@]13O[C@@]14C(=C(Br)C(=O)c1cc(C)ccc14)C[C@@]3(C)C2=O. The summed E-state index contributed by atoms with van der Waals surface area (Å²) in [6.45, 7) is 5.64. The van der Waals surface area contributed by atoms with Gasteiger partial charge in [0.1, 0.15) is 0 Å². The van der Waals surface area contributed by atoms with Crippen LogP contribution in [0.15, 0.2) is 46.5 Å². The molecule has 3 atom stereocenters. The molecule has 2 aromatic carbocycles. The molecular formula is C24H17BrO4. The number of hydrogen-bond acceptors (Lipinski definition) is 4. The minimum Gasteiger partial charge on any atom is -0.343 e. The van der Waals surface area contributed by atoms with Gasteiger partial charge in [-0.25, -0.2) is 0 Å². The fourth-order valence-corrected chi connectivity index (χ4v) is 6.49. The molecule has 1 aliphatic heterocycles. The standard InChI is InChI=1S/C24H17BrO4/c1-11-4-6-13-14(8-11)21(28)24-22(3,20(13)27)10-17-18(25)19(26)15-9-12(2)5-7-16(15)23(17,24)29-24/h4-9H,10H2,1-3H3/t22-,23-,24+/m0/s1. The van der Waals surface area contributed by atoms with Crippen molar-refractivity contribution in [2.75, 3.05) is 0 Å². The molecule has 1 heterocycles. The zero-order valence-electron chi connectivity index (χ0n) is 16.2. The van der Waals surface area contributed by atoms with E-state index in [4.69, 9.17) is 4.74 Å². The molecule has 144 valence electrons. The van der Waals surface area contributed by atoms with Gasteiger partial charge in [-0.1, -0.05) is 35.4 Å². The highest BCUT2D eigenvalue weighted by Gasteiger charge is 2.91. The second-order valence-electron chi connectivity index (χ2n) is 8.85. The van der Waals surface area contributed by atoms with Crippen LogP contribution in [0.2, 0.25) is 0 Å². The van der Waals surface area contributed by atoms with E-state index in [1.54, 1.807) is 12.1 Å². The Hall–Kier alpha value is -2.37. The molecule has 0 radical (unpaired) electrons. The highest BCUT2D eigenvalue weighted by Crippen LogP contribution is 2.79. The third-order valence-electron chi connectivity index (χ3n) is 7.24. The number of epoxide rings is 1. The van der Waals surface area contributed by atoms with Crippen LogP contribution in [0.4, 0.5) is 0 Å². The maximum atomic E-state index is 13.9. The maximum Gasteiger partial charge on any atom is 0.200 e. The van der Waals surface area contributed by atoms with Gasteiger partial charge >= 0.3 is 0 Å². The fraction of sp³-hybridized carbons (Fsp3) is 0.292. The van der Waals surface area contributed by atoms with E-state index in [1.165, 1.54) is 0 Å². The predicted octanol–water partition coefficient (Wildman–Crippen LogP) is 4.60. The molecule has 4 nitrogen and oxygen atoms in total. The molecule has 2 aromatic rings. The third kappa shape index (κ3) is 1.60. The number of carbonyl (C=O) groups is 3. The van der Waals surface area contributed by atoms with Crippen LogP contribution >= 0.6 is 15.9 Å². The Labute approximate surface area is 176 Å². The zero-order valence-corrected chi connectivity index (χ0v) is 17.8. The molecule has 2 spiro atoms. The summed E-state index contributed by atoms with van der Waals surface area (Å²) >= 11 is 3.49. The molecule has 0 aromatic heterocycles. The number of rotatable bonds is 0. The molecular weight excluding hydrogens is 432 g/mol. The lowest BCUT2D eigenvalue weighted by molar-refractivity contribution is 0.0482. The third-order valence-corrected chi connectivity index (χ3v) is 8.08. The average molecular weight is 449 g/mol. The van der Waals surface area contributed by atoms with Crippen LogP contribution in [0.5, 0.6) is 0 Å². The molecule has 3 aliphatic carbocycles. The summed E-state index contributed by atoms with van der Waals surface area (Å²) in [6.07, 6.45) is 0.324. The zero-order chi connectivity index (χ0) is 20.5. The lowest BCUT2D eigenvalue weighted by Gasteiger charge is -2.35.